The molecule has 0 aromatic carbocycles. The maximum atomic E-state index is 11.2. The van der Waals surface area contributed by atoms with Crippen LogP contribution in [0.25, 0.3) is 0 Å². The van der Waals surface area contributed by atoms with Crippen molar-refractivity contribution in [2.45, 2.75) is 39.5 Å². The number of nitrogens with one attached hydrogen (secondary N) is 1. The summed E-state index contributed by atoms with van der Waals surface area (Å²) in [7, 11) is 0. The molecule has 1 amide bonds. The molecule has 0 spiro atoms. The number of rotatable bonds is 11. The third-order valence-electron chi connectivity index (χ3n) is 2.37. The monoisotopic (exact) mass is 271 g/mol. The first-order chi connectivity index (χ1) is 9.07. The fourth-order valence-corrected chi connectivity index (χ4v) is 1.21. The quantitative estimate of drug-likeness (QED) is 0.354. The van der Waals surface area contributed by atoms with Gasteiger partial charge in [-0.05, 0) is 26.2 Å². The van der Waals surface area contributed by atoms with Gasteiger partial charge < -0.3 is 14.8 Å². The fraction of sp³-hybridized carbons (Fsp3) is 0.714. The Morgan fingerprint density at radius 1 is 1.16 bits per heavy atom. The highest BCUT2D eigenvalue weighted by Gasteiger charge is 2.02. The molecule has 0 aromatic heterocycles. The molecule has 0 aliphatic heterocycles. The molecular weight excluding hydrogens is 246 g/mol. The van der Waals surface area contributed by atoms with Gasteiger partial charge in [-0.3, -0.25) is 4.79 Å². The number of carbonyl (C=O) groups is 2. The number of ether oxygens (including phenoxy) is 2. The van der Waals surface area contributed by atoms with Crippen LogP contribution in [-0.2, 0) is 19.1 Å². The molecule has 5 nitrogen and oxygen atoms in total. The molecule has 0 rings (SSSR count). The van der Waals surface area contributed by atoms with Crippen LogP contribution in [0.5, 0.6) is 0 Å². The predicted molar refractivity (Wildman–Crippen MR) is 73.7 cm³/mol. The zero-order chi connectivity index (χ0) is 14.5. The van der Waals surface area contributed by atoms with E-state index in [2.05, 4.69) is 11.9 Å². The Kier molecular flexibility index (Phi) is 10.9. The van der Waals surface area contributed by atoms with Crippen LogP contribution in [0.3, 0.4) is 0 Å². The lowest BCUT2D eigenvalue weighted by atomic mass is 10.3. The van der Waals surface area contributed by atoms with Gasteiger partial charge in [0, 0.05) is 18.7 Å². The summed E-state index contributed by atoms with van der Waals surface area (Å²) in [4.78, 5) is 22.3. The van der Waals surface area contributed by atoms with Crippen LogP contribution in [-0.4, -0.2) is 38.2 Å². The highest BCUT2D eigenvalue weighted by molar-refractivity contribution is 5.91. The van der Waals surface area contributed by atoms with Crippen molar-refractivity contribution < 1.29 is 19.1 Å². The van der Waals surface area contributed by atoms with E-state index in [-0.39, 0.29) is 18.5 Å². The number of unbranched alkanes of at least 4 members (excludes halogenated alkanes) is 2. The lowest BCUT2D eigenvalue weighted by Crippen LogP contribution is -2.24. The Morgan fingerprint density at radius 2 is 1.89 bits per heavy atom. The summed E-state index contributed by atoms with van der Waals surface area (Å²) in [6.45, 7) is 8.80. The third kappa shape index (κ3) is 11.5. The van der Waals surface area contributed by atoms with Crippen LogP contribution in [0.1, 0.15) is 39.5 Å². The number of carbonyl (C=O) groups excluding carboxylic acids is 2. The van der Waals surface area contributed by atoms with E-state index in [9.17, 15) is 9.59 Å². The molecule has 0 heterocycles. The van der Waals surface area contributed by atoms with Crippen LogP contribution in [0, 0.1) is 0 Å². The molecule has 110 valence electrons. The summed E-state index contributed by atoms with van der Waals surface area (Å²) < 4.78 is 10.1. The summed E-state index contributed by atoms with van der Waals surface area (Å²) >= 11 is 0. The van der Waals surface area contributed by atoms with E-state index in [1.165, 1.54) is 0 Å². The molecule has 19 heavy (non-hydrogen) atoms. The second kappa shape index (κ2) is 11.7. The van der Waals surface area contributed by atoms with Gasteiger partial charge in [0.15, 0.2) is 0 Å². The van der Waals surface area contributed by atoms with E-state index < -0.39 is 0 Å². The fourth-order valence-electron chi connectivity index (χ4n) is 1.21. The average Bonchev–Trinajstić information content (AvgIpc) is 2.37. The molecule has 0 atom stereocenters. The SMILES string of the molecule is C=C(C)C(=O)NCCCCOCC(=O)OCCCC. The van der Waals surface area contributed by atoms with Gasteiger partial charge in [0.1, 0.15) is 6.61 Å². The zero-order valence-electron chi connectivity index (χ0n) is 12.0. The molecule has 0 radical (unpaired) electrons. The van der Waals surface area contributed by atoms with E-state index >= 15 is 0 Å². The van der Waals surface area contributed by atoms with Crippen molar-refractivity contribution in [1.82, 2.24) is 5.32 Å². The Labute approximate surface area is 115 Å². The minimum Gasteiger partial charge on any atom is -0.464 e. The topological polar surface area (TPSA) is 64.6 Å². The van der Waals surface area contributed by atoms with Crippen molar-refractivity contribution in [3.05, 3.63) is 12.2 Å². The average molecular weight is 271 g/mol. The summed E-state index contributed by atoms with van der Waals surface area (Å²) in [6.07, 6.45) is 3.49. The number of amides is 1. The Morgan fingerprint density at radius 3 is 2.53 bits per heavy atom. The minimum atomic E-state index is -0.316. The van der Waals surface area contributed by atoms with E-state index in [0.717, 1.165) is 25.7 Å². The smallest absolute Gasteiger partial charge is 0.332 e. The molecular formula is C14H25NO4. The first kappa shape index (κ1) is 17.6. The van der Waals surface area contributed by atoms with E-state index in [4.69, 9.17) is 9.47 Å². The highest BCUT2D eigenvalue weighted by atomic mass is 16.6. The largest absolute Gasteiger partial charge is 0.464 e. The number of hydrogen-bond acceptors (Lipinski definition) is 4. The van der Waals surface area contributed by atoms with E-state index in [1.807, 2.05) is 6.92 Å². The van der Waals surface area contributed by atoms with Gasteiger partial charge in [0.2, 0.25) is 5.91 Å². The van der Waals surface area contributed by atoms with Gasteiger partial charge in [-0.2, -0.15) is 0 Å². The summed E-state index contributed by atoms with van der Waals surface area (Å²) in [6, 6.07) is 0. The molecule has 0 fully saturated rings. The summed E-state index contributed by atoms with van der Waals surface area (Å²) in [5.41, 5.74) is 0.506. The zero-order valence-corrected chi connectivity index (χ0v) is 12.0. The normalized spacial score (nSPS) is 10.0. The van der Waals surface area contributed by atoms with Crippen LogP contribution < -0.4 is 5.32 Å². The summed E-state index contributed by atoms with van der Waals surface area (Å²) in [5, 5.41) is 2.73. The second-order valence-electron chi connectivity index (χ2n) is 4.37. The lowest BCUT2D eigenvalue weighted by molar-refractivity contribution is -0.149. The van der Waals surface area contributed by atoms with Gasteiger partial charge in [0.25, 0.3) is 0 Å². The van der Waals surface area contributed by atoms with Crippen molar-refractivity contribution in [3.8, 4) is 0 Å². The maximum Gasteiger partial charge on any atom is 0.332 e. The van der Waals surface area contributed by atoms with Crippen molar-refractivity contribution in [1.29, 1.82) is 0 Å². The van der Waals surface area contributed by atoms with Gasteiger partial charge >= 0.3 is 5.97 Å². The van der Waals surface area contributed by atoms with Gasteiger partial charge in [-0.25, -0.2) is 4.79 Å². The highest BCUT2D eigenvalue weighted by Crippen LogP contribution is 1.93. The lowest BCUT2D eigenvalue weighted by Gasteiger charge is -2.06. The molecule has 0 bridgehead atoms. The number of hydrogen-bond donors (Lipinski definition) is 1. The van der Waals surface area contributed by atoms with E-state index in [0.29, 0.717) is 25.3 Å². The molecule has 0 saturated heterocycles. The third-order valence-corrected chi connectivity index (χ3v) is 2.37. The van der Waals surface area contributed by atoms with Gasteiger partial charge in [0.05, 0.1) is 6.61 Å². The first-order valence-corrected chi connectivity index (χ1v) is 6.75. The van der Waals surface area contributed by atoms with Crippen molar-refractivity contribution in [3.63, 3.8) is 0 Å². The molecule has 0 aliphatic rings. The van der Waals surface area contributed by atoms with E-state index in [1.54, 1.807) is 6.92 Å². The maximum absolute atomic E-state index is 11.2. The van der Waals surface area contributed by atoms with Crippen LogP contribution in [0.15, 0.2) is 12.2 Å². The number of esters is 1. The second-order valence-corrected chi connectivity index (χ2v) is 4.37. The molecule has 0 aromatic rings. The minimum absolute atomic E-state index is 0.00182. The molecule has 0 unspecified atom stereocenters. The van der Waals surface area contributed by atoms with Gasteiger partial charge in [-0.15, -0.1) is 0 Å². The Hall–Kier alpha value is -1.36. The van der Waals surface area contributed by atoms with Crippen LogP contribution in [0.4, 0.5) is 0 Å². The summed E-state index contributed by atoms with van der Waals surface area (Å²) in [5.74, 6) is -0.440. The standard InChI is InChI=1S/C14H25NO4/c1-4-5-10-19-13(16)11-18-9-7-6-8-15-14(17)12(2)3/h2,4-11H2,1,3H3,(H,15,17). The Bertz CT molecular complexity index is 289. The molecule has 0 saturated carbocycles. The predicted octanol–water partition coefficient (Wildman–Crippen LogP) is 1.82. The van der Waals surface area contributed by atoms with Crippen molar-refractivity contribution >= 4 is 11.9 Å². The van der Waals surface area contributed by atoms with Crippen molar-refractivity contribution in [2.75, 3.05) is 26.4 Å². The molecule has 0 aliphatic carbocycles. The van der Waals surface area contributed by atoms with Crippen LogP contribution >= 0.6 is 0 Å². The first-order valence-electron chi connectivity index (χ1n) is 6.75. The van der Waals surface area contributed by atoms with Crippen molar-refractivity contribution in [2.24, 2.45) is 0 Å². The Balaban J connectivity index is 3.29. The van der Waals surface area contributed by atoms with Gasteiger partial charge in [-0.1, -0.05) is 19.9 Å². The molecule has 1 N–H and O–H groups in total. The van der Waals surface area contributed by atoms with Crippen LogP contribution in [0.2, 0.25) is 0 Å². The molecule has 5 heteroatoms.